The first-order valence-electron chi connectivity index (χ1n) is 5.51. The number of sulfonamides is 1. The summed E-state index contributed by atoms with van der Waals surface area (Å²) in [6.07, 6.45) is 1.49. The molecule has 1 heterocycles. The molecule has 2 aromatic rings. The molecule has 0 saturated heterocycles. The second kappa shape index (κ2) is 6.39. The van der Waals surface area contributed by atoms with Gasteiger partial charge in [-0.1, -0.05) is 23.2 Å². The van der Waals surface area contributed by atoms with Crippen LogP contribution in [0.4, 0.5) is 5.69 Å². The molecule has 5 nitrogen and oxygen atoms in total. The van der Waals surface area contributed by atoms with Gasteiger partial charge < -0.3 is 4.74 Å². The zero-order valence-corrected chi connectivity index (χ0v) is 14.5. The van der Waals surface area contributed by atoms with E-state index in [9.17, 15) is 8.42 Å². The van der Waals surface area contributed by atoms with Crippen LogP contribution in [-0.4, -0.2) is 20.5 Å². The molecule has 21 heavy (non-hydrogen) atoms. The van der Waals surface area contributed by atoms with E-state index in [1.807, 2.05) is 0 Å². The molecule has 0 atom stereocenters. The fraction of sp³-hybridized carbons (Fsp3) is 0.0833. The van der Waals surface area contributed by atoms with E-state index in [1.165, 1.54) is 37.6 Å². The molecule has 0 spiro atoms. The van der Waals surface area contributed by atoms with Crippen molar-refractivity contribution in [3.8, 4) is 5.88 Å². The SMILES string of the molecule is COc1ncc(Br)cc1NS(=O)(=O)c1cc(Cl)ccc1Cl. The van der Waals surface area contributed by atoms with Crippen LogP contribution in [0.1, 0.15) is 0 Å². The highest BCUT2D eigenvalue weighted by atomic mass is 79.9. The molecule has 9 heteroatoms. The fourth-order valence-electron chi connectivity index (χ4n) is 1.55. The number of benzene rings is 1. The minimum absolute atomic E-state index is 0.0637. The monoisotopic (exact) mass is 410 g/mol. The van der Waals surface area contributed by atoms with Gasteiger partial charge in [-0.2, -0.15) is 0 Å². The van der Waals surface area contributed by atoms with Crippen molar-refractivity contribution in [3.63, 3.8) is 0 Å². The number of pyridine rings is 1. The Labute approximate surface area is 140 Å². The first-order valence-corrected chi connectivity index (χ1v) is 8.54. The molecule has 0 unspecified atom stereocenters. The number of hydrogen-bond acceptors (Lipinski definition) is 4. The Balaban J connectivity index is 2.47. The second-order valence-corrected chi connectivity index (χ2v) is 7.30. The maximum absolute atomic E-state index is 12.4. The van der Waals surface area contributed by atoms with E-state index >= 15 is 0 Å². The minimum Gasteiger partial charge on any atom is -0.479 e. The summed E-state index contributed by atoms with van der Waals surface area (Å²) in [6.45, 7) is 0. The predicted molar refractivity (Wildman–Crippen MR) is 85.8 cm³/mol. The molecule has 1 N–H and O–H groups in total. The van der Waals surface area contributed by atoms with E-state index in [0.717, 1.165) is 0 Å². The Hall–Kier alpha value is -1.02. The highest BCUT2D eigenvalue weighted by Gasteiger charge is 2.21. The van der Waals surface area contributed by atoms with E-state index < -0.39 is 10.0 Å². The van der Waals surface area contributed by atoms with E-state index in [-0.39, 0.29) is 26.5 Å². The summed E-state index contributed by atoms with van der Waals surface area (Å²) < 4.78 is 32.8. The van der Waals surface area contributed by atoms with Crippen LogP contribution in [0, 0.1) is 0 Å². The van der Waals surface area contributed by atoms with Gasteiger partial charge in [0.25, 0.3) is 10.0 Å². The Kier molecular flexibility index (Phi) is 4.98. The lowest BCUT2D eigenvalue weighted by atomic mass is 10.4. The van der Waals surface area contributed by atoms with Crippen molar-refractivity contribution in [2.75, 3.05) is 11.8 Å². The third-order valence-electron chi connectivity index (χ3n) is 2.44. The molecule has 112 valence electrons. The van der Waals surface area contributed by atoms with Crippen LogP contribution in [0.25, 0.3) is 0 Å². The number of hydrogen-bond donors (Lipinski definition) is 1. The maximum atomic E-state index is 12.4. The normalized spacial score (nSPS) is 11.2. The molecule has 0 fully saturated rings. The third-order valence-corrected chi connectivity index (χ3v) is 4.95. The maximum Gasteiger partial charge on any atom is 0.263 e. The lowest BCUT2D eigenvalue weighted by Crippen LogP contribution is -2.14. The van der Waals surface area contributed by atoms with Crippen molar-refractivity contribution in [1.29, 1.82) is 0 Å². The van der Waals surface area contributed by atoms with E-state index in [0.29, 0.717) is 4.47 Å². The van der Waals surface area contributed by atoms with Gasteiger partial charge in [-0.25, -0.2) is 13.4 Å². The number of rotatable bonds is 4. The average molecular weight is 412 g/mol. The number of aromatic nitrogens is 1. The number of ether oxygens (including phenoxy) is 1. The van der Waals surface area contributed by atoms with Crippen molar-refractivity contribution < 1.29 is 13.2 Å². The van der Waals surface area contributed by atoms with Crippen molar-refractivity contribution in [1.82, 2.24) is 4.98 Å². The zero-order chi connectivity index (χ0) is 15.6. The Morgan fingerprint density at radius 2 is 2.00 bits per heavy atom. The van der Waals surface area contributed by atoms with Gasteiger partial charge >= 0.3 is 0 Å². The molecule has 1 aromatic carbocycles. The van der Waals surface area contributed by atoms with Crippen LogP contribution in [0.5, 0.6) is 5.88 Å². The lowest BCUT2D eigenvalue weighted by molar-refractivity contribution is 0.400. The van der Waals surface area contributed by atoms with Crippen molar-refractivity contribution in [2.45, 2.75) is 4.90 Å². The first-order chi connectivity index (χ1) is 9.83. The molecule has 0 saturated carbocycles. The smallest absolute Gasteiger partial charge is 0.263 e. The Morgan fingerprint density at radius 3 is 2.67 bits per heavy atom. The lowest BCUT2D eigenvalue weighted by Gasteiger charge is -2.12. The number of methoxy groups -OCH3 is 1. The number of nitrogens with one attached hydrogen (secondary N) is 1. The van der Waals surface area contributed by atoms with Crippen LogP contribution in [0.2, 0.25) is 10.0 Å². The van der Waals surface area contributed by atoms with Gasteiger partial charge in [0, 0.05) is 15.7 Å². The number of nitrogens with zero attached hydrogens (tertiary/aromatic N) is 1. The predicted octanol–water partition coefficient (Wildman–Crippen LogP) is 3.96. The summed E-state index contributed by atoms with van der Waals surface area (Å²) in [7, 11) is -2.53. The number of halogens is 3. The summed E-state index contributed by atoms with van der Waals surface area (Å²) in [6, 6.07) is 5.71. The fourth-order valence-corrected chi connectivity index (χ4v) is 3.69. The highest BCUT2D eigenvalue weighted by molar-refractivity contribution is 9.10. The summed E-state index contributed by atoms with van der Waals surface area (Å²) in [5.74, 6) is 0.139. The van der Waals surface area contributed by atoms with Gasteiger partial charge in [0.1, 0.15) is 10.6 Å². The largest absolute Gasteiger partial charge is 0.479 e. The van der Waals surface area contributed by atoms with Crippen molar-refractivity contribution >= 4 is 54.8 Å². The molecule has 0 aliphatic carbocycles. The van der Waals surface area contributed by atoms with Gasteiger partial charge in [0.05, 0.1) is 12.1 Å². The van der Waals surface area contributed by atoms with Gasteiger partial charge in [-0.3, -0.25) is 4.72 Å². The van der Waals surface area contributed by atoms with E-state index in [1.54, 1.807) is 0 Å². The molecule has 0 amide bonds. The zero-order valence-electron chi connectivity index (χ0n) is 10.6. The Bertz CT molecular complexity index is 784. The van der Waals surface area contributed by atoms with Gasteiger partial charge in [0.2, 0.25) is 5.88 Å². The summed E-state index contributed by atoms with van der Waals surface area (Å²) in [5, 5.41) is 0.327. The van der Waals surface area contributed by atoms with Gasteiger partial charge in [-0.15, -0.1) is 0 Å². The van der Waals surface area contributed by atoms with Crippen LogP contribution >= 0.6 is 39.1 Å². The second-order valence-electron chi connectivity index (χ2n) is 3.89. The molecule has 0 aliphatic heterocycles. The first kappa shape index (κ1) is 16.4. The quantitative estimate of drug-likeness (QED) is 0.826. The standard InChI is InChI=1S/C12H9BrCl2N2O3S/c1-20-12-10(4-7(13)6-16-12)17-21(18,19)11-5-8(14)2-3-9(11)15/h2-6,17H,1H3. The third kappa shape index (κ3) is 3.79. The van der Waals surface area contributed by atoms with Crippen LogP contribution in [0.3, 0.4) is 0 Å². The minimum atomic E-state index is -3.92. The summed E-state index contributed by atoms with van der Waals surface area (Å²) >= 11 is 14.9. The summed E-state index contributed by atoms with van der Waals surface area (Å²) in [4.78, 5) is 3.83. The Morgan fingerprint density at radius 1 is 1.29 bits per heavy atom. The van der Waals surface area contributed by atoms with Crippen molar-refractivity contribution in [3.05, 3.63) is 45.0 Å². The molecule has 0 aliphatic rings. The van der Waals surface area contributed by atoms with Crippen LogP contribution in [0.15, 0.2) is 39.8 Å². The molecule has 0 bridgehead atoms. The van der Waals surface area contributed by atoms with Gasteiger partial charge in [-0.05, 0) is 40.2 Å². The van der Waals surface area contributed by atoms with Gasteiger partial charge in [0.15, 0.2) is 0 Å². The highest BCUT2D eigenvalue weighted by Crippen LogP contribution is 2.30. The van der Waals surface area contributed by atoms with Crippen LogP contribution in [-0.2, 0) is 10.0 Å². The molecular weight excluding hydrogens is 403 g/mol. The molecule has 1 aromatic heterocycles. The molecule has 0 radical (unpaired) electrons. The molecular formula is C12H9BrCl2N2O3S. The van der Waals surface area contributed by atoms with E-state index in [2.05, 4.69) is 25.6 Å². The number of anilines is 1. The van der Waals surface area contributed by atoms with E-state index in [4.69, 9.17) is 27.9 Å². The average Bonchev–Trinajstić information content (AvgIpc) is 2.41. The molecule has 2 rings (SSSR count). The summed E-state index contributed by atoms with van der Waals surface area (Å²) in [5.41, 5.74) is 0.183. The van der Waals surface area contributed by atoms with Crippen LogP contribution < -0.4 is 9.46 Å². The topological polar surface area (TPSA) is 68.3 Å². The van der Waals surface area contributed by atoms with Crippen molar-refractivity contribution in [2.24, 2.45) is 0 Å².